The summed E-state index contributed by atoms with van der Waals surface area (Å²) in [4.78, 5) is 15.1. The lowest BCUT2D eigenvalue weighted by Gasteiger charge is -2.21. The topological polar surface area (TPSA) is 46.2 Å². The minimum absolute atomic E-state index is 0.0381. The summed E-state index contributed by atoms with van der Waals surface area (Å²) in [6.45, 7) is 1.91. The smallest absolute Gasteiger partial charge is 0.163 e. The van der Waals surface area contributed by atoms with Crippen LogP contribution in [0.15, 0.2) is 0 Å². The Balaban J connectivity index is 1.93. The predicted octanol–water partition coefficient (Wildman–Crippen LogP) is 0.758. The van der Waals surface area contributed by atoms with Gasteiger partial charge in [0.25, 0.3) is 0 Å². The maximum Gasteiger partial charge on any atom is 0.163 e. The van der Waals surface area contributed by atoms with Crippen LogP contribution < -0.4 is 0 Å². The SMILES string of the molecule is CC12OOOC1CC1SOOC12. The molecule has 0 aromatic heterocycles. The maximum atomic E-state index is 5.07. The number of hydrogen-bond donors (Lipinski definition) is 0. The first-order valence-corrected chi connectivity index (χ1v) is 4.61. The van der Waals surface area contributed by atoms with Crippen molar-refractivity contribution in [3.05, 3.63) is 0 Å². The van der Waals surface area contributed by atoms with E-state index < -0.39 is 5.60 Å². The second-order valence-corrected chi connectivity index (χ2v) is 4.31. The van der Waals surface area contributed by atoms with E-state index in [1.54, 1.807) is 0 Å². The monoisotopic (exact) mass is 192 g/mol. The Kier molecular flexibility index (Phi) is 1.47. The Morgan fingerprint density at radius 1 is 1.42 bits per heavy atom. The van der Waals surface area contributed by atoms with Crippen LogP contribution in [0.5, 0.6) is 0 Å². The molecule has 68 valence electrons. The summed E-state index contributed by atoms with van der Waals surface area (Å²) in [5.74, 6) is 0. The number of fused-ring (bicyclic) bond motifs is 3. The lowest BCUT2D eigenvalue weighted by molar-refractivity contribution is -0.481. The van der Waals surface area contributed by atoms with Gasteiger partial charge in [-0.25, -0.2) is 4.89 Å². The highest BCUT2D eigenvalue weighted by Gasteiger charge is 2.63. The maximum absolute atomic E-state index is 5.07. The van der Waals surface area contributed by atoms with Crippen molar-refractivity contribution >= 4 is 12.0 Å². The summed E-state index contributed by atoms with van der Waals surface area (Å²) in [6, 6.07) is 0. The molecule has 0 spiro atoms. The molecule has 3 aliphatic rings. The summed E-state index contributed by atoms with van der Waals surface area (Å²) in [5, 5.41) is 4.77. The Hall–Kier alpha value is 0.150. The van der Waals surface area contributed by atoms with Crippen LogP contribution in [-0.2, 0) is 24.0 Å². The van der Waals surface area contributed by atoms with E-state index in [1.165, 1.54) is 12.0 Å². The van der Waals surface area contributed by atoms with Crippen LogP contribution in [0, 0.1) is 0 Å². The second kappa shape index (κ2) is 2.34. The van der Waals surface area contributed by atoms with Gasteiger partial charge in [0.15, 0.2) is 5.60 Å². The van der Waals surface area contributed by atoms with Crippen molar-refractivity contribution in [2.75, 3.05) is 0 Å². The van der Waals surface area contributed by atoms with Gasteiger partial charge < -0.3 is 0 Å². The molecule has 2 saturated heterocycles. The van der Waals surface area contributed by atoms with Crippen molar-refractivity contribution in [2.24, 2.45) is 0 Å². The molecule has 0 aromatic carbocycles. The molecule has 3 rings (SSSR count). The lowest BCUT2D eigenvalue weighted by atomic mass is 10.0. The fraction of sp³-hybridized carbons (Fsp3) is 1.00. The van der Waals surface area contributed by atoms with Crippen LogP contribution in [0.1, 0.15) is 13.3 Å². The van der Waals surface area contributed by atoms with Gasteiger partial charge in [-0.15, -0.1) is 0 Å². The highest BCUT2D eigenvalue weighted by atomic mass is 32.2. The van der Waals surface area contributed by atoms with Crippen molar-refractivity contribution in [1.29, 1.82) is 0 Å². The van der Waals surface area contributed by atoms with Gasteiger partial charge in [0.2, 0.25) is 0 Å². The number of hydrogen-bond acceptors (Lipinski definition) is 6. The van der Waals surface area contributed by atoms with E-state index in [4.69, 9.17) is 19.0 Å². The van der Waals surface area contributed by atoms with Crippen LogP contribution in [-0.4, -0.2) is 23.1 Å². The third kappa shape index (κ3) is 0.773. The molecule has 6 heteroatoms. The molecule has 0 N–H and O–H groups in total. The predicted molar refractivity (Wildman–Crippen MR) is 37.4 cm³/mol. The van der Waals surface area contributed by atoms with E-state index in [0.717, 1.165) is 6.42 Å². The minimum atomic E-state index is -0.506. The van der Waals surface area contributed by atoms with Crippen molar-refractivity contribution in [3.8, 4) is 0 Å². The number of rotatable bonds is 0. The molecule has 0 amide bonds. The van der Waals surface area contributed by atoms with Gasteiger partial charge in [-0.2, -0.15) is 14.1 Å². The van der Waals surface area contributed by atoms with Crippen LogP contribution in [0.2, 0.25) is 0 Å². The molecule has 4 unspecified atom stereocenters. The normalized spacial score (nSPS) is 57.2. The van der Waals surface area contributed by atoms with Gasteiger partial charge in [0.05, 0.1) is 5.25 Å². The molecule has 1 saturated carbocycles. The van der Waals surface area contributed by atoms with E-state index in [9.17, 15) is 0 Å². The molecule has 4 atom stereocenters. The first kappa shape index (κ1) is 7.54. The molecular formula is C6H8O5S. The molecule has 2 heterocycles. The largest absolute Gasteiger partial charge is 0.216 e. The Morgan fingerprint density at radius 2 is 2.33 bits per heavy atom. The van der Waals surface area contributed by atoms with E-state index >= 15 is 0 Å². The highest BCUT2D eigenvalue weighted by Crippen LogP contribution is 2.50. The first-order chi connectivity index (χ1) is 5.81. The van der Waals surface area contributed by atoms with Crippen LogP contribution >= 0.6 is 12.0 Å². The molecule has 12 heavy (non-hydrogen) atoms. The van der Waals surface area contributed by atoms with E-state index in [1.807, 2.05) is 6.92 Å². The fourth-order valence-electron chi connectivity index (χ4n) is 1.86. The van der Waals surface area contributed by atoms with Crippen LogP contribution in [0.25, 0.3) is 0 Å². The van der Waals surface area contributed by atoms with Crippen molar-refractivity contribution < 1.29 is 24.0 Å². The average Bonchev–Trinajstić information content (AvgIpc) is 2.62. The summed E-state index contributed by atoms with van der Waals surface area (Å²) < 4.78 is 4.81. The molecule has 2 aliphatic heterocycles. The molecule has 0 bridgehead atoms. The second-order valence-electron chi connectivity index (χ2n) is 3.38. The third-order valence-corrected chi connectivity index (χ3v) is 3.51. The Bertz CT molecular complexity index is 212. The summed E-state index contributed by atoms with van der Waals surface area (Å²) in [6.07, 6.45) is 0.713. The summed E-state index contributed by atoms with van der Waals surface area (Å²) in [7, 11) is 0. The summed E-state index contributed by atoms with van der Waals surface area (Å²) in [5.41, 5.74) is -0.506. The zero-order chi connectivity index (χ0) is 8.18. The Morgan fingerprint density at radius 3 is 3.25 bits per heavy atom. The third-order valence-electron chi connectivity index (χ3n) is 2.66. The van der Waals surface area contributed by atoms with Crippen molar-refractivity contribution in [3.63, 3.8) is 0 Å². The van der Waals surface area contributed by atoms with Gasteiger partial charge in [-0.3, -0.25) is 0 Å². The summed E-state index contributed by atoms with van der Waals surface area (Å²) >= 11 is 1.33. The van der Waals surface area contributed by atoms with Gasteiger partial charge >= 0.3 is 0 Å². The first-order valence-electron chi connectivity index (χ1n) is 3.81. The molecule has 0 aromatic rings. The van der Waals surface area contributed by atoms with Gasteiger partial charge in [0.1, 0.15) is 12.2 Å². The fourth-order valence-corrected chi connectivity index (χ4v) is 2.76. The molecule has 3 fully saturated rings. The molecule has 1 aliphatic carbocycles. The van der Waals surface area contributed by atoms with Gasteiger partial charge in [0, 0.05) is 12.0 Å². The van der Waals surface area contributed by atoms with Crippen LogP contribution in [0.4, 0.5) is 0 Å². The quantitative estimate of drug-likeness (QED) is 0.417. The Labute approximate surface area is 73.2 Å². The van der Waals surface area contributed by atoms with E-state index in [2.05, 4.69) is 5.04 Å². The standard InChI is InChI=1S/C6H8O5S/c1-6-4(7-10-9-6)2-3-5(6)8-11-12-3/h3-5H,2H2,1H3. The average molecular weight is 192 g/mol. The van der Waals surface area contributed by atoms with Crippen LogP contribution in [0.3, 0.4) is 0 Å². The van der Waals surface area contributed by atoms with E-state index in [0.29, 0.717) is 5.25 Å². The molecule has 5 nitrogen and oxygen atoms in total. The van der Waals surface area contributed by atoms with Gasteiger partial charge in [-0.05, 0) is 13.3 Å². The highest BCUT2D eigenvalue weighted by molar-refractivity contribution is 7.95. The molecule has 0 radical (unpaired) electrons. The zero-order valence-corrected chi connectivity index (χ0v) is 7.21. The lowest BCUT2D eigenvalue weighted by Crippen LogP contribution is -2.42. The van der Waals surface area contributed by atoms with E-state index in [-0.39, 0.29) is 12.2 Å². The van der Waals surface area contributed by atoms with Gasteiger partial charge in [-0.1, -0.05) is 5.04 Å². The zero-order valence-electron chi connectivity index (χ0n) is 6.39. The minimum Gasteiger partial charge on any atom is -0.216 e. The van der Waals surface area contributed by atoms with Crippen molar-refractivity contribution in [2.45, 2.75) is 36.4 Å². The molecular weight excluding hydrogens is 184 g/mol. The van der Waals surface area contributed by atoms with Crippen molar-refractivity contribution in [1.82, 2.24) is 0 Å².